The molecule has 6 heteroatoms. The number of likely N-dealkylation sites (tertiary alicyclic amines) is 1. The first-order chi connectivity index (χ1) is 11.1. The average molecular weight is 331 g/mol. The molecule has 122 valence electrons. The molecule has 2 aromatic rings. The Hall–Kier alpha value is -1.53. The Morgan fingerprint density at radius 1 is 1.39 bits per heavy atom. The number of nitrogens with zero attached hydrogens (tertiary/aromatic N) is 2. The Labute approximate surface area is 139 Å². The smallest absolute Gasteiger partial charge is 0.233 e. The van der Waals surface area contributed by atoms with Crippen molar-refractivity contribution in [3.05, 3.63) is 23.8 Å². The van der Waals surface area contributed by atoms with Gasteiger partial charge in [0.25, 0.3) is 0 Å². The van der Waals surface area contributed by atoms with E-state index in [0.29, 0.717) is 17.6 Å². The summed E-state index contributed by atoms with van der Waals surface area (Å²) in [5.74, 6) is 1.58. The Morgan fingerprint density at radius 2 is 2.13 bits per heavy atom. The molecule has 1 amide bonds. The molecule has 5 nitrogen and oxygen atoms in total. The van der Waals surface area contributed by atoms with Crippen LogP contribution in [0.5, 0.6) is 0 Å². The lowest BCUT2D eigenvalue weighted by molar-refractivity contribution is -0.127. The third-order valence-electron chi connectivity index (χ3n) is 5.03. The van der Waals surface area contributed by atoms with Crippen LogP contribution in [0.3, 0.4) is 0 Å². The third kappa shape index (κ3) is 2.97. The highest BCUT2D eigenvalue weighted by atomic mass is 32.2. The topological polar surface area (TPSA) is 69.2 Å². The molecule has 1 saturated heterocycles. The number of carbonyl (C=O) groups excluding carboxylic acids is 1. The lowest BCUT2D eigenvalue weighted by Gasteiger charge is -2.17. The van der Waals surface area contributed by atoms with Gasteiger partial charge >= 0.3 is 0 Å². The number of aryl methyl sites for hydroxylation is 1. The van der Waals surface area contributed by atoms with Gasteiger partial charge in [-0.2, -0.15) is 0 Å². The maximum Gasteiger partial charge on any atom is 0.233 e. The van der Waals surface area contributed by atoms with Crippen LogP contribution < -0.4 is 0 Å². The number of thioether (sulfide) groups is 1. The Kier molecular flexibility index (Phi) is 3.81. The number of amides is 1. The first kappa shape index (κ1) is 15.0. The maximum absolute atomic E-state index is 12.4. The van der Waals surface area contributed by atoms with Gasteiger partial charge in [0.1, 0.15) is 0 Å². The molecule has 1 aliphatic heterocycles. The molecule has 1 aromatic heterocycles. The van der Waals surface area contributed by atoms with Gasteiger partial charge in [-0.1, -0.05) is 17.8 Å². The van der Waals surface area contributed by atoms with Gasteiger partial charge in [-0.05, 0) is 49.3 Å². The highest BCUT2D eigenvalue weighted by Gasteiger charge is 2.41. The van der Waals surface area contributed by atoms with Gasteiger partial charge in [-0.15, -0.1) is 0 Å². The van der Waals surface area contributed by atoms with Crippen molar-refractivity contribution in [2.75, 3.05) is 18.8 Å². The van der Waals surface area contributed by atoms with Crippen LogP contribution in [0.15, 0.2) is 23.4 Å². The summed E-state index contributed by atoms with van der Waals surface area (Å²) in [6.45, 7) is 3.67. The van der Waals surface area contributed by atoms with E-state index >= 15 is 0 Å². The molecule has 1 unspecified atom stereocenters. The van der Waals surface area contributed by atoms with Crippen molar-refractivity contribution in [3.63, 3.8) is 0 Å². The number of aromatic nitrogens is 2. The number of benzene rings is 1. The van der Waals surface area contributed by atoms with E-state index < -0.39 is 0 Å². The van der Waals surface area contributed by atoms with Crippen LogP contribution in [0, 0.1) is 18.8 Å². The molecule has 23 heavy (non-hydrogen) atoms. The molecule has 1 aromatic carbocycles. The summed E-state index contributed by atoms with van der Waals surface area (Å²) < 4.78 is 0. The van der Waals surface area contributed by atoms with Crippen LogP contribution >= 0.6 is 11.8 Å². The number of rotatable bonds is 3. The van der Waals surface area contributed by atoms with Crippen LogP contribution in [0.2, 0.25) is 0 Å². The van der Waals surface area contributed by atoms with Crippen molar-refractivity contribution in [2.45, 2.75) is 31.0 Å². The van der Waals surface area contributed by atoms with Crippen LogP contribution in [-0.2, 0) is 4.79 Å². The molecule has 2 N–H and O–H groups in total. The van der Waals surface area contributed by atoms with Gasteiger partial charge in [-0.25, -0.2) is 4.98 Å². The van der Waals surface area contributed by atoms with Crippen molar-refractivity contribution >= 4 is 28.7 Å². The van der Waals surface area contributed by atoms with E-state index in [9.17, 15) is 9.90 Å². The fourth-order valence-corrected chi connectivity index (χ4v) is 4.65. The Morgan fingerprint density at radius 3 is 2.87 bits per heavy atom. The summed E-state index contributed by atoms with van der Waals surface area (Å²) in [4.78, 5) is 22.2. The molecular formula is C17H21N3O2S. The van der Waals surface area contributed by atoms with Gasteiger partial charge in [0.15, 0.2) is 5.16 Å². The number of aliphatic hydroxyl groups excluding tert-OH is 1. The highest BCUT2D eigenvalue weighted by molar-refractivity contribution is 7.99. The van der Waals surface area contributed by atoms with Crippen molar-refractivity contribution in [1.82, 2.24) is 14.9 Å². The SMILES string of the molecule is Cc1ccc2nc(SCC(=O)N3C[C@H]4CC(O)C[C@H]4C3)[nH]c2c1. The highest BCUT2D eigenvalue weighted by Crippen LogP contribution is 2.38. The summed E-state index contributed by atoms with van der Waals surface area (Å²) >= 11 is 1.47. The number of aliphatic hydroxyl groups is 1. The van der Waals surface area contributed by atoms with Crippen LogP contribution in [0.1, 0.15) is 18.4 Å². The van der Waals surface area contributed by atoms with E-state index in [1.165, 1.54) is 17.3 Å². The molecule has 4 rings (SSSR count). The van der Waals surface area contributed by atoms with Gasteiger partial charge in [-0.3, -0.25) is 4.79 Å². The second-order valence-corrected chi connectivity index (χ2v) is 7.76. The Balaban J connectivity index is 1.36. The number of carbonyl (C=O) groups is 1. The van der Waals surface area contributed by atoms with Gasteiger partial charge in [0.2, 0.25) is 5.91 Å². The number of imidazole rings is 1. The van der Waals surface area contributed by atoms with E-state index in [1.54, 1.807) is 0 Å². The minimum absolute atomic E-state index is 0.157. The van der Waals surface area contributed by atoms with Crippen LogP contribution in [0.25, 0.3) is 11.0 Å². The standard InChI is InChI=1S/C17H21N3O2S/c1-10-2-3-14-15(4-10)19-17(18-14)23-9-16(22)20-7-11-5-13(21)6-12(11)8-20/h2-4,11-13,21H,5-9H2,1H3,(H,18,19)/t11-,12+,13?. The maximum atomic E-state index is 12.4. The van der Waals surface area contributed by atoms with E-state index in [4.69, 9.17) is 0 Å². The summed E-state index contributed by atoms with van der Waals surface area (Å²) in [6.07, 6.45) is 1.55. The van der Waals surface area contributed by atoms with Crippen molar-refractivity contribution in [1.29, 1.82) is 0 Å². The second kappa shape index (κ2) is 5.83. The molecule has 2 aliphatic rings. The van der Waals surface area contributed by atoms with Gasteiger partial charge in [0, 0.05) is 13.1 Å². The Bertz CT molecular complexity index is 731. The number of fused-ring (bicyclic) bond motifs is 2. The molecule has 0 spiro atoms. The normalized spacial score (nSPS) is 26.9. The molecular weight excluding hydrogens is 310 g/mol. The minimum atomic E-state index is -0.157. The molecule has 2 heterocycles. The average Bonchev–Trinajstić information content (AvgIpc) is 3.16. The third-order valence-corrected chi connectivity index (χ3v) is 5.88. The lowest BCUT2D eigenvalue weighted by atomic mass is 10.0. The number of hydrogen-bond acceptors (Lipinski definition) is 4. The first-order valence-electron chi connectivity index (χ1n) is 8.13. The number of hydrogen-bond donors (Lipinski definition) is 2. The number of nitrogens with one attached hydrogen (secondary N) is 1. The zero-order valence-electron chi connectivity index (χ0n) is 13.2. The zero-order chi connectivity index (χ0) is 16.0. The molecule has 0 radical (unpaired) electrons. The molecule has 0 bridgehead atoms. The monoisotopic (exact) mass is 331 g/mol. The van der Waals surface area contributed by atoms with Crippen molar-refractivity contribution in [3.8, 4) is 0 Å². The van der Waals surface area contributed by atoms with E-state index in [2.05, 4.69) is 23.0 Å². The van der Waals surface area contributed by atoms with Gasteiger partial charge in [0.05, 0.1) is 22.9 Å². The van der Waals surface area contributed by atoms with Crippen molar-refractivity contribution in [2.24, 2.45) is 11.8 Å². The molecule has 2 fully saturated rings. The van der Waals surface area contributed by atoms with E-state index in [0.717, 1.165) is 42.1 Å². The number of aromatic amines is 1. The van der Waals surface area contributed by atoms with Gasteiger partial charge < -0.3 is 15.0 Å². The first-order valence-corrected chi connectivity index (χ1v) is 9.12. The van der Waals surface area contributed by atoms with Crippen molar-refractivity contribution < 1.29 is 9.90 Å². The second-order valence-electron chi connectivity index (χ2n) is 6.80. The largest absolute Gasteiger partial charge is 0.393 e. The van der Waals surface area contributed by atoms with E-state index in [1.807, 2.05) is 17.0 Å². The predicted molar refractivity (Wildman–Crippen MR) is 90.4 cm³/mol. The summed E-state index contributed by atoms with van der Waals surface area (Å²) in [5, 5.41) is 10.5. The van der Waals surface area contributed by atoms with Crippen LogP contribution in [-0.4, -0.2) is 50.8 Å². The predicted octanol–water partition coefficient (Wildman–Crippen LogP) is 2.19. The quantitative estimate of drug-likeness (QED) is 0.846. The number of H-pyrrole nitrogens is 1. The summed E-state index contributed by atoms with van der Waals surface area (Å²) in [7, 11) is 0. The minimum Gasteiger partial charge on any atom is -0.393 e. The summed E-state index contributed by atoms with van der Waals surface area (Å²) in [5.41, 5.74) is 3.15. The van der Waals surface area contributed by atoms with Crippen LogP contribution in [0.4, 0.5) is 0 Å². The molecule has 3 atom stereocenters. The molecule has 1 saturated carbocycles. The lowest BCUT2D eigenvalue weighted by Crippen LogP contribution is -2.31. The fourth-order valence-electron chi connectivity index (χ4n) is 3.86. The fraction of sp³-hybridized carbons (Fsp3) is 0.529. The summed E-state index contributed by atoms with van der Waals surface area (Å²) in [6, 6.07) is 6.11. The zero-order valence-corrected chi connectivity index (χ0v) is 14.0. The van der Waals surface area contributed by atoms with E-state index in [-0.39, 0.29) is 12.0 Å². The molecule has 1 aliphatic carbocycles.